The SMILES string of the molecule is O=S(=O)([O-])c1ccc(SOO[O-])cc1N=Nc1c(SOO[O-])cc2cc(Nc3nc(Cl)nc(Nc4ccc(S(=O)(=O)CCOSOO[O-])cc4)n3)ccc2c1O.[Na+].[Na+].[Na+].[Na+]. The molecule has 0 radical (unpaired) electrons. The number of hydrogen-bond acceptors (Lipinski definition) is 26. The van der Waals surface area contributed by atoms with Crippen LogP contribution in [0.25, 0.3) is 10.8 Å². The van der Waals surface area contributed by atoms with Gasteiger partial charge in [-0.25, -0.2) is 16.8 Å². The molecule has 0 aliphatic carbocycles. The molecule has 1 heterocycles. The van der Waals surface area contributed by atoms with Gasteiger partial charge in [-0.15, -0.1) is 14.6 Å². The minimum absolute atomic E-state index is 0. The smallest absolute Gasteiger partial charge is 0.744 e. The molecule has 5 aromatic rings. The number of aromatic hydroxyl groups is 1. The van der Waals surface area contributed by atoms with E-state index in [0.29, 0.717) is 40.8 Å². The van der Waals surface area contributed by atoms with Crippen LogP contribution < -0.4 is 145 Å². The second-order valence-electron chi connectivity index (χ2n) is 10.1. The van der Waals surface area contributed by atoms with Crippen molar-refractivity contribution in [3.63, 3.8) is 0 Å². The van der Waals surface area contributed by atoms with E-state index in [1.807, 2.05) is 0 Å². The first-order chi connectivity index (χ1) is 26.8. The number of phenolic OH excluding ortho intramolecular Hbond substituents is 1. The average Bonchev–Trinajstić information content (AvgIpc) is 3.15. The molecule has 0 saturated carbocycles. The summed E-state index contributed by atoms with van der Waals surface area (Å²) in [5.74, 6) is -1.00. The van der Waals surface area contributed by atoms with E-state index in [1.54, 1.807) is 0 Å². The number of azo groups is 1. The molecule has 0 unspecified atom stereocenters. The van der Waals surface area contributed by atoms with Crippen molar-refractivity contribution in [2.75, 3.05) is 23.0 Å². The minimum atomic E-state index is -5.08. The van der Waals surface area contributed by atoms with Gasteiger partial charge in [-0.1, -0.05) is 0 Å². The Balaban J connectivity index is 0.00000450. The Hall–Kier alpha value is -0.0500. The molecular formula is C27H18ClN7Na4O16S5. The van der Waals surface area contributed by atoms with E-state index in [-0.39, 0.29) is 180 Å². The summed E-state index contributed by atoms with van der Waals surface area (Å²) in [5.41, 5.74) is -0.0927. The summed E-state index contributed by atoms with van der Waals surface area (Å²) < 4.78 is 78.0. The van der Waals surface area contributed by atoms with Crippen LogP contribution in [0.4, 0.5) is 34.6 Å². The van der Waals surface area contributed by atoms with Crippen molar-refractivity contribution in [2.45, 2.75) is 19.6 Å². The van der Waals surface area contributed by atoms with Gasteiger partial charge in [-0.3, -0.25) is 19.3 Å². The molecule has 3 N–H and O–H groups in total. The molecule has 1 aromatic heterocycles. The summed E-state index contributed by atoms with van der Waals surface area (Å²) in [4.78, 5) is 11.6. The number of fused-ring (bicyclic) bond motifs is 1. The summed E-state index contributed by atoms with van der Waals surface area (Å²) in [6.07, 6.45) is 0. The van der Waals surface area contributed by atoms with E-state index in [9.17, 15) is 42.3 Å². The molecule has 60 heavy (non-hydrogen) atoms. The van der Waals surface area contributed by atoms with Crippen molar-refractivity contribution < 1.29 is 193 Å². The molecule has 0 bridgehead atoms. The maximum atomic E-state index is 12.5. The van der Waals surface area contributed by atoms with Crippen LogP contribution in [0.3, 0.4) is 0 Å². The topological polar surface area (TPSA) is 333 Å². The number of sulfone groups is 1. The third-order valence-electron chi connectivity index (χ3n) is 6.69. The third-order valence-corrected chi connectivity index (χ3v) is 11.0. The molecule has 0 aliphatic heterocycles. The molecule has 4 aromatic carbocycles. The van der Waals surface area contributed by atoms with Gasteiger partial charge in [0, 0.05) is 21.7 Å². The van der Waals surface area contributed by atoms with Crippen LogP contribution in [0.2, 0.25) is 5.28 Å². The number of aromatic nitrogens is 3. The first-order valence-electron chi connectivity index (χ1n) is 14.4. The fourth-order valence-electron chi connectivity index (χ4n) is 4.43. The fourth-order valence-corrected chi connectivity index (χ4v) is 7.47. The van der Waals surface area contributed by atoms with Gasteiger partial charge in [0.2, 0.25) is 17.2 Å². The van der Waals surface area contributed by atoms with E-state index in [2.05, 4.69) is 63.9 Å². The quantitative estimate of drug-likeness (QED) is 0.0124. The zero-order valence-electron chi connectivity index (χ0n) is 31.0. The Morgan fingerprint density at radius 1 is 0.750 bits per heavy atom. The molecule has 0 fully saturated rings. The second kappa shape index (κ2) is 28.1. The van der Waals surface area contributed by atoms with Crippen LogP contribution in [0.1, 0.15) is 0 Å². The molecule has 0 aliphatic rings. The molecular weight excluding hydrogens is 966 g/mol. The maximum absolute atomic E-state index is 12.5. The van der Waals surface area contributed by atoms with Crippen molar-refractivity contribution in [3.8, 4) is 5.75 Å². The summed E-state index contributed by atoms with van der Waals surface area (Å²) >= 11 is 7.03. The Morgan fingerprint density at radius 3 is 2.00 bits per heavy atom. The predicted octanol–water partition coefficient (Wildman–Crippen LogP) is -8.76. The van der Waals surface area contributed by atoms with E-state index in [4.69, 9.17) is 15.8 Å². The summed E-state index contributed by atoms with van der Waals surface area (Å²) in [7, 11) is -8.83. The molecule has 0 saturated heterocycles. The van der Waals surface area contributed by atoms with Gasteiger partial charge >= 0.3 is 118 Å². The van der Waals surface area contributed by atoms with Gasteiger partial charge < -0.3 is 36.1 Å². The van der Waals surface area contributed by atoms with Gasteiger partial charge in [0.05, 0.1) is 51.1 Å². The van der Waals surface area contributed by atoms with Crippen LogP contribution in [-0.4, -0.2) is 53.8 Å². The van der Waals surface area contributed by atoms with E-state index in [1.165, 1.54) is 48.5 Å². The molecule has 0 atom stereocenters. The van der Waals surface area contributed by atoms with E-state index >= 15 is 0 Å². The van der Waals surface area contributed by atoms with Crippen LogP contribution in [0, 0.1) is 0 Å². The molecule has 23 nitrogen and oxygen atoms in total. The largest absolute Gasteiger partial charge is 1.00 e. The first kappa shape index (κ1) is 58.0. The van der Waals surface area contributed by atoms with Gasteiger partial charge in [0.1, 0.15) is 21.5 Å². The van der Waals surface area contributed by atoms with Gasteiger partial charge in [-0.2, -0.15) is 23.6 Å². The third kappa shape index (κ3) is 17.1. The molecule has 0 amide bonds. The fraction of sp³-hybridized carbons (Fsp3) is 0.0741. The van der Waals surface area contributed by atoms with Crippen molar-refractivity contribution in [2.24, 2.45) is 10.2 Å². The Kier molecular flexibility index (Phi) is 27.1. The van der Waals surface area contributed by atoms with Gasteiger partial charge in [0.15, 0.2) is 27.9 Å². The number of benzene rings is 4. The minimum Gasteiger partial charge on any atom is -0.744 e. The van der Waals surface area contributed by atoms with E-state index in [0.717, 1.165) is 18.2 Å². The van der Waals surface area contributed by atoms with Crippen LogP contribution in [-0.2, 0) is 52.3 Å². The van der Waals surface area contributed by atoms with Gasteiger partial charge in [0.25, 0.3) is 0 Å². The zero-order chi connectivity index (χ0) is 40.3. The first-order valence-corrected chi connectivity index (χ1v) is 20.0. The summed E-state index contributed by atoms with van der Waals surface area (Å²) in [6.45, 7) is -0.290. The molecule has 5 rings (SSSR count). The number of rotatable bonds is 20. The number of halogens is 1. The number of hydrogen-bond donors (Lipinski definition) is 3. The number of anilines is 4. The van der Waals surface area contributed by atoms with Crippen molar-refractivity contribution in [3.05, 3.63) is 72.0 Å². The standard InChI is InChI=1S/C27H22ClN7O16S5.4Na/c28-25-31-26(29-15-1-5-18(6-2-15)55(40,41)10-9-45-54-51-48-39)33-27(32-25)30-16-3-7-19-14(11-16)12-21(53-50-47-38)23(24(19)36)35-34-20-13-17(52-49-46-37)4-8-22(20)56(42,43)44;;;;/h1-8,11-13,36-39H,9-10H2,(H,42,43,44)(H2,29,30,31,32,33);;;;/q;4*+1/p-4. The normalized spacial score (nSPS) is 11.3. The van der Waals surface area contributed by atoms with Crippen molar-refractivity contribution in [1.82, 2.24) is 15.0 Å². The summed E-state index contributed by atoms with van der Waals surface area (Å²) in [5, 5.41) is 65.4. The number of phenols is 1. The molecule has 298 valence electrons. The molecule has 0 spiro atoms. The van der Waals surface area contributed by atoms with Crippen LogP contribution in [0.15, 0.2) is 96.5 Å². The zero-order valence-corrected chi connectivity index (χ0v) is 43.8. The Bertz CT molecular complexity index is 2440. The van der Waals surface area contributed by atoms with Crippen LogP contribution >= 0.6 is 48.0 Å². The number of nitrogens with zero attached hydrogens (tertiary/aromatic N) is 5. The molecule has 33 heteroatoms. The van der Waals surface area contributed by atoms with E-state index < -0.39 is 42.0 Å². The number of nitrogens with one attached hydrogen (secondary N) is 2. The predicted molar refractivity (Wildman–Crippen MR) is 186 cm³/mol. The summed E-state index contributed by atoms with van der Waals surface area (Å²) in [6, 6.07) is 14.5. The van der Waals surface area contributed by atoms with Crippen molar-refractivity contribution in [1.29, 1.82) is 0 Å². The maximum Gasteiger partial charge on any atom is 1.00 e. The monoisotopic (exact) mass is 983 g/mol. The van der Waals surface area contributed by atoms with Crippen molar-refractivity contribution >= 4 is 113 Å². The van der Waals surface area contributed by atoms with Crippen LogP contribution in [0.5, 0.6) is 5.75 Å². The second-order valence-corrected chi connectivity index (χ2v) is 15.9. The average molecular weight is 984 g/mol. The Labute approximate surface area is 445 Å². The Morgan fingerprint density at radius 2 is 1.37 bits per heavy atom. The van der Waals surface area contributed by atoms with Gasteiger partial charge in [-0.05, 0) is 83.7 Å².